The zero-order chi connectivity index (χ0) is 21.5. The summed E-state index contributed by atoms with van der Waals surface area (Å²) < 4.78 is 39.1. The van der Waals surface area contributed by atoms with E-state index < -0.39 is 6.43 Å². The number of hydrogen-bond donors (Lipinski definition) is 1. The van der Waals surface area contributed by atoms with E-state index in [1.165, 1.54) is 0 Å². The lowest BCUT2D eigenvalue weighted by Crippen LogP contribution is -2.45. The van der Waals surface area contributed by atoms with Crippen LogP contribution < -0.4 is 14.8 Å². The van der Waals surface area contributed by atoms with Crippen LogP contribution in [0.4, 0.5) is 8.78 Å². The Labute approximate surface area is 193 Å². The number of benzene rings is 3. The van der Waals surface area contributed by atoms with Gasteiger partial charge in [-0.15, -0.1) is 12.4 Å². The van der Waals surface area contributed by atoms with E-state index >= 15 is 0 Å². The lowest BCUT2D eigenvalue weighted by Gasteiger charge is -2.35. The average molecular weight is 461 g/mol. The van der Waals surface area contributed by atoms with E-state index in [1.54, 1.807) is 6.07 Å². The van der Waals surface area contributed by atoms with Crippen LogP contribution in [0, 0.1) is 0 Å². The number of nitrogens with one attached hydrogen (secondary N) is 1. The fourth-order valence-corrected chi connectivity index (χ4v) is 3.79. The van der Waals surface area contributed by atoms with E-state index in [9.17, 15) is 8.78 Å². The fraction of sp³-hybridized carbons (Fsp3) is 0.280. The molecule has 0 bridgehead atoms. The highest BCUT2D eigenvalue weighted by Gasteiger charge is 2.26. The standard InChI is InChI=1S/C25H26F2N2O2.ClH/c26-25(27)18-22(29-15-13-28-14-16-29)19-11-12-23(30-20-7-3-1-4-8-20)24(17-19)31-21-9-5-2-6-10-21;/h1-12,17,22,25,28H,13-16,18H2;1H/t22-;/m1./s1. The van der Waals surface area contributed by atoms with Crippen LogP contribution in [0.15, 0.2) is 78.9 Å². The van der Waals surface area contributed by atoms with Gasteiger partial charge in [-0.25, -0.2) is 8.78 Å². The van der Waals surface area contributed by atoms with E-state index in [-0.39, 0.29) is 24.9 Å². The van der Waals surface area contributed by atoms with Gasteiger partial charge in [-0.1, -0.05) is 42.5 Å². The molecule has 0 spiro atoms. The van der Waals surface area contributed by atoms with Gasteiger partial charge >= 0.3 is 0 Å². The molecule has 1 aliphatic rings. The third-order valence-corrected chi connectivity index (χ3v) is 5.29. The number of nitrogens with zero attached hydrogens (tertiary/aromatic N) is 1. The lowest BCUT2D eigenvalue weighted by atomic mass is 10.0. The summed E-state index contributed by atoms with van der Waals surface area (Å²) in [6, 6.07) is 23.9. The zero-order valence-electron chi connectivity index (χ0n) is 17.6. The van der Waals surface area contributed by atoms with Crippen molar-refractivity contribution in [3.05, 3.63) is 84.4 Å². The second kappa shape index (κ2) is 11.8. The molecule has 0 radical (unpaired) electrons. The maximum Gasteiger partial charge on any atom is 0.240 e. The van der Waals surface area contributed by atoms with Crippen LogP contribution in [0.5, 0.6) is 23.0 Å². The first-order valence-corrected chi connectivity index (χ1v) is 10.5. The third-order valence-electron chi connectivity index (χ3n) is 5.29. The first-order valence-electron chi connectivity index (χ1n) is 10.5. The zero-order valence-corrected chi connectivity index (χ0v) is 18.4. The molecule has 4 rings (SSSR count). The Morgan fingerprint density at radius 2 is 1.34 bits per heavy atom. The maximum absolute atomic E-state index is 13.4. The van der Waals surface area contributed by atoms with Crippen molar-refractivity contribution >= 4 is 12.4 Å². The van der Waals surface area contributed by atoms with Crippen LogP contribution in [0.1, 0.15) is 18.0 Å². The molecule has 0 unspecified atom stereocenters. The van der Waals surface area contributed by atoms with Crippen LogP contribution in [0.2, 0.25) is 0 Å². The summed E-state index contributed by atoms with van der Waals surface area (Å²) in [6.45, 7) is 3.05. The predicted molar refractivity (Wildman–Crippen MR) is 125 cm³/mol. The Bertz CT molecular complexity index is 955. The monoisotopic (exact) mass is 460 g/mol. The van der Waals surface area contributed by atoms with Gasteiger partial charge < -0.3 is 14.8 Å². The molecule has 1 atom stereocenters. The summed E-state index contributed by atoms with van der Waals surface area (Å²) in [5, 5.41) is 3.28. The van der Waals surface area contributed by atoms with Gasteiger partial charge in [0, 0.05) is 38.6 Å². The summed E-state index contributed by atoms with van der Waals surface area (Å²) in [6.07, 6.45) is -2.61. The minimum absolute atomic E-state index is 0. The summed E-state index contributed by atoms with van der Waals surface area (Å²) in [4.78, 5) is 2.11. The van der Waals surface area contributed by atoms with Crippen molar-refractivity contribution in [1.29, 1.82) is 0 Å². The smallest absolute Gasteiger partial charge is 0.240 e. The SMILES string of the molecule is Cl.FC(F)C[C@H](c1ccc(Oc2ccccc2)c(Oc2ccccc2)c1)N1CCNCC1. The summed E-state index contributed by atoms with van der Waals surface area (Å²) >= 11 is 0. The van der Waals surface area contributed by atoms with E-state index in [0.29, 0.717) is 23.0 Å². The molecule has 0 amide bonds. The van der Waals surface area contributed by atoms with Crippen LogP contribution >= 0.6 is 12.4 Å². The molecule has 1 heterocycles. The highest BCUT2D eigenvalue weighted by atomic mass is 35.5. The van der Waals surface area contributed by atoms with Crippen molar-refractivity contribution in [3.63, 3.8) is 0 Å². The van der Waals surface area contributed by atoms with Gasteiger partial charge in [0.15, 0.2) is 11.5 Å². The second-order valence-electron chi connectivity index (χ2n) is 7.46. The molecule has 7 heteroatoms. The molecule has 1 N–H and O–H groups in total. The Morgan fingerprint density at radius 1 is 0.781 bits per heavy atom. The molecule has 0 saturated carbocycles. The van der Waals surface area contributed by atoms with Crippen LogP contribution in [-0.2, 0) is 0 Å². The van der Waals surface area contributed by atoms with Crippen molar-refractivity contribution in [2.75, 3.05) is 26.2 Å². The molecule has 1 aliphatic heterocycles. The van der Waals surface area contributed by atoms with Crippen LogP contribution in [0.25, 0.3) is 0 Å². The maximum atomic E-state index is 13.4. The summed E-state index contributed by atoms with van der Waals surface area (Å²) in [7, 11) is 0. The first-order chi connectivity index (χ1) is 15.2. The van der Waals surface area contributed by atoms with Crippen molar-refractivity contribution in [2.45, 2.75) is 18.9 Å². The van der Waals surface area contributed by atoms with Gasteiger partial charge in [0.25, 0.3) is 0 Å². The van der Waals surface area contributed by atoms with Gasteiger partial charge in [-0.2, -0.15) is 0 Å². The van der Waals surface area contributed by atoms with Crippen molar-refractivity contribution < 1.29 is 18.3 Å². The quantitative estimate of drug-likeness (QED) is 0.428. The minimum atomic E-state index is -2.39. The Morgan fingerprint density at radius 3 is 1.91 bits per heavy atom. The molecule has 1 fully saturated rings. The van der Waals surface area contributed by atoms with E-state index in [0.717, 1.165) is 31.7 Å². The number of para-hydroxylation sites is 2. The van der Waals surface area contributed by atoms with E-state index in [4.69, 9.17) is 9.47 Å². The highest BCUT2D eigenvalue weighted by molar-refractivity contribution is 5.85. The van der Waals surface area contributed by atoms with Crippen LogP contribution in [-0.4, -0.2) is 37.5 Å². The fourth-order valence-electron chi connectivity index (χ4n) is 3.79. The topological polar surface area (TPSA) is 33.7 Å². The molecular weight excluding hydrogens is 434 g/mol. The normalized spacial score (nSPS) is 15.1. The number of hydrogen-bond acceptors (Lipinski definition) is 4. The van der Waals surface area contributed by atoms with Crippen molar-refractivity contribution in [2.24, 2.45) is 0 Å². The molecule has 0 aliphatic carbocycles. The van der Waals surface area contributed by atoms with Gasteiger partial charge in [-0.3, -0.25) is 4.90 Å². The van der Waals surface area contributed by atoms with Gasteiger partial charge in [-0.05, 0) is 42.0 Å². The largest absolute Gasteiger partial charge is 0.453 e. The Hall–Kier alpha value is -2.67. The predicted octanol–water partition coefficient (Wildman–Crippen LogP) is 6.29. The lowest BCUT2D eigenvalue weighted by molar-refractivity contribution is 0.0738. The van der Waals surface area contributed by atoms with E-state index in [2.05, 4.69) is 10.2 Å². The first kappa shape index (κ1) is 24.0. The number of halogens is 3. The van der Waals surface area contributed by atoms with Crippen molar-refractivity contribution in [3.8, 4) is 23.0 Å². The van der Waals surface area contributed by atoms with Gasteiger partial charge in [0.1, 0.15) is 11.5 Å². The Kier molecular flexibility index (Phi) is 8.85. The summed E-state index contributed by atoms with van der Waals surface area (Å²) in [5.74, 6) is 2.38. The summed E-state index contributed by atoms with van der Waals surface area (Å²) in [5.41, 5.74) is 0.800. The van der Waals surface area contributed by atoms with E-state index in [1.807, 2.05) is 72.8 Å². The van der Waals surface area contributed by atoms with Gasteiger partial charge in [0.2, 0.25) is 6.43 Å². The minimum Gasteiger partial charge on any atom is -0.453 e. The molecular formula is C25H27ClF2N2O2. The number of piperazine rings is 1. The van der Waals surface area contributed by atoms with Crippen molar-refractivity contribution in [1.82, 2.24) is 10.2 Å². The molecule has 3 aromatic rings. The Balaban J connectivity index is 0.00000289. The molecule has 1 saturated heterocycles. The third kappa shape index (κ3) is 6.42. The highest BCUT2D eigenvalue weighted by Crippen LogP contribution is 2.39. The number of rotatable bonds is 8. The second-order valence-corrected chi connectivity index (χ2v) is 7.46. The average Bonchev–Trinajstić information content (AvgIpc) is 2.80. The number of alkyl halides is 2. The molecule has 3 aromatic carbocycles. The molecule has 170 valence electrons. The van der Waals surface area contributed by atoms with Crippen LogP contribution in [0.3, 0.4) is 0 Å². The number of ether oxygens (including phenoxy) is 2. The molecule has 4 nitrogen and oxygen atoms in total. The molecule has 32 heavy (non-hydrogen) atoms. The van der Waals surface area contributed by atoms with Gasteiger partial charge in [0.05, 0.1) is 0 Å². The molecule has 0 aromatic heterocycles.